The fourth-order valence-electron chi connectivity index (χ4n) is 3.06. The first-order chi connectivity index (χ1) is 9.87. The number of aromatic nitrogens is 1. The van der Waals surface area contributed by atoms with Crippen LogP contribution in [0.2, 0.25) is 0 Å². The lowest BCUT2D eigenvalue weighted by atomic mass is 9.65. The molecule has 2 saturated carbocycles. The highest BCUT2D eigenvalue weighted by molar-refractivity contribution is 7.09. The predicted molar refractivity (Wildman–Crippen MR) is 83.0 cm³/mol. The van der Waals surface area contributed by atoms with Crippen LogP contribution in [0.3, 0.4) is 0 Å². The zero-order valence-electron chi connectivity index (χ0n) is 11.6. The van der Waals surface area contributed by atoms with Gasteiger partial charge in [0.15, 0.2) is 0 Å². The Morgan fingerprint density at radius 3 is 2.65 bits per heavy atom. The van der Waals surface area contributed by atoms with Crippen LogP contribution in [-0.2, 0) is 12.0 Å². The second-order valence-electron chi connectivity index (χ2n) is 6.10. The quantitative estimate of drug-likeness (QED) is 0.901. The third kappa shape index (κ3) is 2.19. The highest BCUT2D eigenvalue weighted by Gasteiger charge is 2.42. The number of rotatable bonds is 5. The molecule has 0 spiro atoms. The van der Waals surface area contributed by atoms with E-state index < -0.39 is 0 Å². The molecule has 2 aromatic rings. The molecular formula is C17H20N2S. The van der Waals surface area contributed by atoms with Crippen LogP contribution in [0.1, 0.15) is 48.4 Å². The molecule has 2 aliphatic carbocycles. The molecule has 1 heterocycles. The minimum Gasteiger partial charge on any atom is -0.308 e. The van der Waals surface area contributed by atoms with Gasteiger partial charge in [0.05, 0.1) is 5.69 Å². The van der Waals surface area contributed by atoms with Gasteiger partial charge in [-0.25, -0.2) is 4.98 Å². The average Bonchev–Trinajstić information content (AvgIpc) is 3.15. The summed E-state index contributed by atoms with van der Waals surface area (Å²) in [5, 5.41) is 7.12. The van der Waals surface area contributed by atoms with Gasteiger partial charge in [-0.3, -0.25) is 0 Å². The van der Waals surface area contributed by atoms with Gasteiger partial charge in [-0.2, -0.15) is 0 Å². The summed E-state index contributed by atoms with van der Waals surface area (Å²) in [6.45, 7) is 0.937. The maximum Gasteiger partial charge on any atom is 0.103 e. The van der Waals surface area contributed by atoms with Crippen molar-refractivity contribution in [3.05, 3.63) is 52.0 Å². The largest absolute Gasteiger partial charge is 0.308 e. The van der Waals surface area contributed by atoms with Crippen molar-refractivity contribution >= 4 is 11.3 Å². The Bertz CT molecular complexity index is 582. The van der Waals surface area contributed by atoms with Gasteiger partial charge in [0.1, 0.15) is 5.01 Å². The number of hydrogen-bond donors (Lipinski definition) is 1. The second kappa shape index (κ2) is 4.97. The maximum atomic E-state index is 4.94. The van der Waals surface area contributed by atoms with E-state index >= 15 is 0 Å². The second-order valence-corrected chi connectivity index (χ2v) is 6.96. The smallest absolute Gasteiger partial charge is 0.103 e. The molecule has 0 radical (unpaired) electrons. The van der Waals surface area contributed by atoms with Gasteiger partial charge in [0.2, 0.25) is 0 Å². The van der Waals surface area contributed by atoms with Crippen LogP contribution < -0.4 is 5.32 Å². The molecule has 1 N–H and O–H groups in total. The molecule has 1 aromatic carbocycles. The Morgan fingerprint density at radius 2 is 2.00 bits per heavy atom. The third-order valence-electron chi connectivity index (χ3n) is 4.64. The number of nitrogens with one attached hydrogen (secondary N) is 1. The van der Waals surface area contributed by atoms with Crippen molar-refractivity contribution in [2.45, 2.75) is 50.1 Å². The minimum absolute atomic E-state index is 0.212. The van der Waals surface area contributed by atoms with Crippen LogP contribution in [0.5, 0.6) is 0 Å². The van der Waals surface area contributed by atoms with Crippen LogP contribution in [0.4, 0.5) is 0 Å². The minimum atomic E-state index is 0.212. The molecule has 104 valence electrons. The van der Waals surface area contributed by atoms with Crippen LogP contribution in [0.15, 0.2) is 35.7 Å². The molecule has 0 bridgehead atoms. The molecule has 3 heteroatoms. The van der Waals surface area contributed by atoms with E-state index in [4.69, 9.17) is 4.98 Å². The van der Waals surface area contributed by atoms with Crippen molar-refractivity contribution in [3.63, 3.8) is 0 Å². The monoisotopic (exact) mass is 284 g/mol. The summed E-state index contributed by atoms with van der Waals surface area (Å²) < 4.78 is 0. The van der Waals surface area contributed by atoms with Gasteiger partial charge in [-0.1, -0.05) is 36.8 Å². The van der Waals surface area contributed by atoms with Crippen molar-refractivity contribution in [1.29, 1.82) is 0 Å². The fraction of sp³-hybridized carbons (Fsp3) is 0.471. The standard InChI is InChI=1S/C17H20N2S/c1-2-5-13(6-3-1)17(9-4-10-17)16-19-15(12-20-16)11-18-14-7-8-14/h1-3,5-6,12,14,18H,4,7-11H2. The van der Waals surface area contributed by atoms with E-state index in [0.29, 0.717) is 0 Å². The number of thiazole rings is 1. The highest BCUT2D eigenvalue weighted by Crippen LogP contribution is 2.49. The van der Waals surface area contributed by atoms with Crippen LogP contribution in [0, 0.1) is 0 Å². The first kappa shape index (κ1) is 12.5. The van der Waals surface area contributed by atoms with Gasteiger partial charge < -0.3 is 5.32 Å². The SMILES string of the molecule is c1ccc(C2(c3nc(CNC4CC4)cs3)CCC2)cc1. The van der Waals surface area contributed by atoms with Crippen LogP contribution in [-0.4, -0.2) is 11.0 Å². The Balaban J connectivity index is 1.58. The molecule has 0 saturated heterocycles. The molecule has 2 aliphatic rings. The van der Waals surface area contributed by atoms with Crippen LogP contribution >= 0.6 is 11.3 Å². The van der Waals surface area contributed by atoms with Gasteiger partial charge in [-0.05, 0) is 31.2 Å². The first-order valence-electron chi connectivity index (χ1n) is 7.61. The summed E-state index contributed by atoms with van der Waals surface area (Å²) in [6, 6.07) is 11.7. The van der Waals surface area contributed by atoms with Gasteiger partial charge in [-0.15, -0.1) is 11.3 Å². The van der Waals surface area contributed by atoms with E-state index in [0.717, 1.165) is 12.6 Å². The summed E-state index contributed by atoms with van der Waals surface area (Å²) in [4.78, 5) is 4.94. The zero-order chi connectivity index (χ0) is 13.4. The molecule has 2 fully saturated rings. The van der Waals surface area contributed by atoms with Crippen LogP contribution in [0.25, 0.3) is 0 Å². The summed E-state index contributed by atoms with van der Waals surface area (Å²) in [7, 11) is 0. The maximum absolute atomic E-state index is 4.94. The van der Waals surface area contributed by atoms with Gasteiger partial charge in [0, 0.05) is 23.4 Å². The van der Waals surface area contributed by atoms with Gasteiger partial charge in [0.25, 0.3) is 0 Å². The Morgan fingerprint density at radius 1 is 1.20 bits per heavy atom. The van der Waals surface area contributed by atoms with E-state index in [9.17, 15) is 0 Å². The summed E-state index contributed by atoms with van der Waals surface area (Å²) >= 11 is 1.85. The number of nitrogens with zero attached hydrogens (tertiary/aromatic N) is 1. The van der Waals surface area contributed by atoms with E-state index in [-0.39, 0.29) is 5.41 Å². The molecule has 4 rings (SSSR count). The normalized spacial score (nSPS) is 20.6. The first-order valence-corrected chi connectivity index (χ1v) is 8.49. The fourth-order valence-corrected chi connectivity index (χ4v) is 4.16. The highest BCUT2D eigenvalue weighted by atomic mass is 32.1. The molecule has 2 nitrogen and oxygen atoms in total. The molecule has 0 atom stereocenters. The lowest BCUT2D eigenvalue weighted by molar-refractivity contribution is 0.300. The summed E-state index contributed by atoms with van der Waals surface area (Å²) in [5.74, 6) is 0. The van der Waals surface area contributed by atoms with E-state index in [1.807, 2.05) is 11.3 Å². The Kier molecular flexibility index (Phi) is 3.12. The Hall–Kier alpha value is -1.19. The van der Waals surface area contributed by atoms with Gasteiger partial charge >= 0.3 is 0 Å². The molecule has 0 aliphatic heterocycles. The van der Waals surface area contributed by atoms with Crippen molar-refractivity contribution in [2.75, 3.05) is 0 Å². The molecule has 0 unspecified atom stereocenters. The summed E-state index contributed by atoms with van der Waals surface area (Å²) in [5.41, 5.74) is 2.88. The van der Waals surface area contributed by atoms with E-state index in [1.54, 1.807) is 0 Å². The molecular weight excluding hydrogens is 264 g/mol. The third-order valence-corrected chi connectivity index (χ3v) is 5.74. The Labute approximate surface area is 124 Å². The molecule has 0 amide bonds. The summed E-state index contributed by atoms with van der Waals surface area (Å²) in [6.07, 6.45) is 6.50. The number of hydrogen-bond acceptors (Lipinski definition) is 3. The number of benzene rings is 1. The zero-order valence-corrected chi connectivity index (χ0v) is 12.5. The van der Waals surface area contributed by atoms with Crippen molar-refractivity contribution < 1.29 is 0 Å². The molecule has 1 aromatic heterocycles. The lowest BCUT2D eigenvalue weighted by Crippen LogP contribution is -2.35. The van der Waals surface area contributed by atoms with Crippen molar-refractivity contribution in [2.24, 2.45) is 0 Å². The van der Waals surface area contributed by atoms with E-state index in [2.05, 4.69) is 41.0 Å². The topological polar surface area (TPSA) is 24.9 Å². The van der Waals surface area contributed by atoms with Crippen molar-refractivity contribution in [3.8, 4) is 0 Å². The van der Waals surface area contributed by atoms with Crippen molar-refractivity contribution in [1.82, 2.24) is 10.3 Å². The van der Waals surface area contributed by atoms with E-state index in [1.165, 1.54) is 48.4 Å². The predicted octanol–water partition coefficient (Wildman–Crippen LogP) is 3.87. The molecule has 20 heavy (non-hydrogen) atoms. The average molecular weight is 284 g/mol. The lowest BCUT2D eigenvalue weighted by Gasteiger charge is -2.40.